The number of carbonyl (C=O) groups excluding carboxylic acids is 8. The van der Waals surface area contributed by atoms with Crippen LogP contribution in [0.3, 0.4) is 0 Å². The van der Waals surface area contributed by atoms with Gasteiger partial charge in [0.15, 0.2) is 0 Å². The second-order valence-electron chi connectivity index (χ2n) is 22.1. The van der Waals surface area contributed by atoms with Crippen molar-refractivity contribution in [1.29, 1.82) is 0 Å². The molecule has 0 fully saturated rings. The molecule has 0 aliphatic heterocycles. The maximum atomic E-state index is 13.8. The molecule has 0 N–H and O–H groups in total. The summed E-state index contributed by atoms with van der Waals surface area (Å²) >= 11 is 0. The molecule has 0 aliphatic carbocycles. The van der Waals surface area contributed by atoms with E-state index < -0.39 is 47.8 Å². The van der Waals surface area contributed by atoms with Gasteiger partial charge in [0, 0.05) is 35.4 Å². The quantitative estimate of drug-likeness (QED) is 0.00653. The third kappa shape index (κ3) is 29.9. The number of unbranched alkanes of at least 4 members (excludes halogenated alkanes) is 12. The molecule has 6 rings (SSSR count). The average Bonchev–Trinajstić information content (AvgIpc) is 0.850. The largest absolute Gasteiger partial charge is 0.494 e. The predicted octanol–water partition coefficient (Wildman–Crippen LogP) is 14.7. The van der Waals surface area contributed by atoms with Crippen LogP contribution in [0.5, 0.6) is 46.0 Å². The molecule has 100 heavy (non-hydrogen) atoms. The SMILES string of the molecule is C=CC(=O)OCCCCCCOc1ccc(C(=O)Oc2ccc(OC(=O)c3ccc(OCCCCCCOC(=O)C=C)cc3)c(/C=N/N=C/c3cc(OC(=O)c4ccc(OCCCCCCOC(=O)C=C)cc4)ccc3OC(=O)c3ccc(OCCCCCCOC(=O)C=C)cc3)c2)cc1. The molecular weight excluding hydrogens is 1280 g/mol. The van der Waals surface area contributed by atoms with E-state index in [9.17, 15) is 38.4 Å². The zero-order valence-corrected chi connectivity index (χ0v) is 56.0. The fraction of sp³-hybridized carbons (Fsp3) is 0.308. The molecule has 0 radical (unpaired) electrons. The topological polar surface area (TPSA) is 272 Å². The molecule has 0 saturated carbocycles. The van der Waals surface area contributed by atoms with Gasteiger partial charge in [0.05, 0.1) is 87.5 Å². The standard InChI is InChI=1S/C78H84N2O20/c1-5-71(81)93-49-21-13-9-17-45-89-63-33-25-57(26-34-63)75(85)97-67-41-43-69(99-77(87)59-29-37-65(38-30-59)91-47-19-11-15-23-51-95-73(83)7-3)61(53-67)55-79-80-56-62-54-68(98-76(86)58-27-35-64(36-28-58)90-46-18-10-14-22-50-94-72(82)6-2)42-44-70(62)100-78(88)60-31-39-66(40-32-60)92-48-20-12-16-24-52-96-74(84)8-4/h5-8,25-44,53-56H,1-4,9-24,45-52H2/b79-55+,80-56+. The van der Waals surface area contributed by atoms with E-state index in [0.29, 0.717) is 88.7 Å². The maximum absolute atomic E-state index is 13.8. The lowest BCUT2D eigenvalue weighted by Crippen LogP contribution is -2.11. The lowest BCUT2D eigenvalue weighted by Gasteiger charge is -2.11. The van der Waals surface area contributed by atoms with E-state index in [2.05, 4.69) is 36.5 Å². The number of esters is 8. The fourth-order valence-electron chi connectivity index (χ4n) is 9.07. The van der Waals surface area contributed by atoms with Crippen LogP contribution in [0, 0.1) is 0 Å². The first kappa shape index (κ1) is 77.6. The first-order valence-corrected chi connectivity index (χ1v) is 33.1. The van der Waals surface area contributed by atoms with Crippen molar-refractivity contribution in [2.45, 2.75) is 103 Å². The molecule has 0 aliphatic rings. The Morgan fingerprint density at radius 2 is 0.490 bits per heavy atom. The van der Waals surface area contributed by atoms with E-state index in [1.165, 1.54) is 48.8 Å². The van der Waals surface area contributed by atoms with Gasteiger partial charge in [0.2, 0.25) is 0 Å². The molecule has 6 aromatic rings. The molecule has 0 atom stereocenters. The Morgan fingerprint density at radius 1 is 0.270 bits per heavy atom. The lowest BCUT2D eigenvalue weighted by atomic mass is 10.2. The van der Waals surface area contributed by atoms with E-state index in [1.54, 1.807) is 97.1 Å². The maximum Gasteiger partial charge on any atom is 0.343 e. The summed E-state index contributed by atoms with van der Waals surface area (Å²) in [5, 5.41) is 8.54. The molecular formula is C78H84N2O20. The van der Waals surface area contributed by atoms with E-state index in [1.807, 2.05) is 0 Å². The Balaban J connectivity index is 1.17. The molecule has 0 unspecified atom stereocenters. The number of hydrogen-bond acceptors (Lipinski definition) is 22. The second kappa shape index (κ2) is 45.2. The summed E-state index contributed by atoms with van der Waals surface area (Å²) in [5.74, 6) is -2.37. The fourth-order valence-corrected chi connectivity index (χ4v) is 9.07. The number of hydrogen-bond donors (Lipinski definition) is 0. The van der Waals surface area contributed by atoms with Gasteiger partial charge in [-0.05, 0) is 236 Å². The van der Waals surface area contributed by atoms with Crippen LogP contribution >= 0.6 is 0 Å². The lowest BCUT2D eigenvalue weighted by molar-refractivity contribution is -0.138. The van der Waals surface area contributed by atoms with Gasteiger partial charge in [0.25, 0.3) is 0 Å². The van der Waals surface area contributed by atoms with Crippen LogP contribution < -0.4 is 37.9 Å². The van der Waals surface area contributed by atoms with Crippen LogP contribution in [0.25, 0.3) is 0 Å². The van der Waals surface area contributed by atoms with Gasteiger partial charge in [-0.1, -0.05) is 26.3 Å². The molecule has 0 aromatic heterocycles. The minimum atomic E-state index is -0.732. The van der Waals surface area contributed by atoms with Crippen LogP contribution in [-0.4, -0.2) is 113 Å². The van der Waals surface area contributed by atoms with Crippen molar-refractivity contribution in [3.8, 4) is 46.0 Å². The summed E-state index contributed by atoms with van der Waals surface area (Å²) in [6, 6.07) is 34.3. The summed E-state index contributed by atoms with van der Waals surface area (Å²) in [7, 11) is 0. The summed E-state index contributed by atoms with van der Waals surface area (Å²) in [5.41, 5.74) is 1.13. The van der Waals surface area contributed by atoms with Crippen molar-refractivity contribution < 1.29 is 95.2 Å². The molecule has 6 aromatic carbocycles. The van der Waals surface area contributed by atoms with Gasteiger partial charge in [-0.25, -0.2) is 38.4 Å². The average molecular weight is 1370 g/mol. The Kier molecular flexibility index (Phi) is 35.0. The van der Waals surface area contributed by atoms with E-state index in [-0.39, 0.29) is 56.4 Å². The predicted molar refractivity (Wildman–Crippen MR) is 374 cm³/mol. The van der Waals surface area contributed by atoms with Gasteiger partial charge in [-0.3, -0.25) is 0 Å². The van der Waals surface area contributed by atoms with Crippen LogP contribution in [-0.2, 0) is 38.1 Å². The second-order valence-corrected chi connectivity index (χ2v) is 22.1. The van der Waals surface area contributed by atoms with Crippen molar-refractivity contribution in [3.05, 3.63) is 217 Å². The summed E-state index contributed by atoms with van der Waals surface area (Å²) in [4.78, 5) is 99.7. The van der Waals surface area contributed by atoms with E-state index >= 15 is 0 Å². The molecule has 22 heteroatoms. The number of nitrogens with zero attached hydrogens (tertiary/aromatic N) is 2. The molecule has 0 spiro atoms. The highest BCUT2D eigenvalue weighted by molar-refractivity contribution is 5.96. The van der Waals surface area contributed by atoms with E-state index in [4.69, 9.17) is 56.8 Å². The van der Waals surface area contributed by atoms with Gasteiger partial charge < -0.3 is 56.8 Å². The van der Waals surface area contributed by atoms with E-state index in [0.717, 1.165) is 114 Å². The number of ether oxygens (including phenoxy) is 12. The van der Waals surface area contributed by atoms with Crippen LogP contribution in [0.1, 0.15) is 155 Å². The Labute approximate surface area is 582 Å². The minimum absolute atomic E-state index is 0.0126. The highest BCUT2D eigenvalue weighted by Gasteiger charge is 2.18. The number of benzene rings is 6. The third-order valence-corrected chi connectivity index (χ3v) is 14.5. The first-order chi connectivity index (χ1) is 48.7. The number of carbonyl (C=O) groups is 8. The van der Waals surface area contributed by atoms with Crippen molar-refractivity contribution in [2.75, 3.05) is 52.9 Å². The molecule has 526 valence electrons. The van der Waals surface area contributed by atoms with Gasteiger partial charge in [-0.15, -0.1) is 0 Å². The molecule has 0 saturated heterocycles. The molecule has 0 heterocycles. The summed E-state index contributed by atoms with van der Waals surface area (Å²) in [6.45, 7) is 16.6. The Morgan fingerprint density at radius 3 is 0.730 bits per heavy atom. The monoisotopic (exact) mass is 1370 g/mol. The Hall–Kier alpha value is -11.4. The molecule has 0 bridgehead atoms. The van der Waals surface area contributed by atoms with Gasteiger partial charge in [0.1, 0.15) is 46.0 Å². The van der Waals surface area contributed by atoms with Gasteiger partial charge >= 0.3 is 47.8 Å². The van der Waals surface area contributed by atoms with Crippen LogP contribution in [0.15, 0.2) is 194 Å². The zero-order chi connectivity index (χ0) is 71.4. The highest BCUT2D eigenvalue weighted by atomic mass is 16.6. The van der Waals surface area contributed by atoms with Crippen molar-refractivity contribution in [1.82, 2.24) is 0 Å². The van der Waals surface area contributed by atoms with Crippen molar-refractivity contribution >= 4 is 60.2 Å². The Bertz CT molecular complexity index is 3470. The van der Waals surface area contributed by atoms with Gasteiger partial charge in [-0.2, -0.15) is 10.2 Å². The minimum Gasteiger partial charge on any atom is -0.494 e. The third-order valence-electron chi connectivity index (χ3n) is 14.5. The molecule has 0 amide bonds. The molecule has 22 nitrogen and oxygen atoms in total. The van der Waals surface area contributed by atoms with Crippen LogP contribution in [0.4, 0.5) is 0 Å². The van der Waals surface area contributed by atoms with Crippen molar-refractivity contribution in [2.24, 2.45) is 10.2 Å². The smallest absolute Gasteiger partial charge is 0.343 e. The summed E-state index contributed by atoms with van der Waals surface area (Å²) in [6.07, 6.45) is 19.8. The first-order valence-electron chi connectivity index (χ1n) is 33.1. The number of rotatable bonds is 47. The normalized spacial score (nSPS) is 10.8. The van der Waals surface area contributed by atoms with Crippen molar-refractivity contribution in [3.63, 3.8) is 0 Å². The zero-order valence-electron chi connectivity index (χ0n) is 56.0. The van der Waals surface area contributed by atoms with Crippen LogP contribution in [0.2, 0.25) is 0 Å². The highest BCUT2D eigenvalue weighted by Crippen LogP contribution is 2.29. The summed E-state index contributed by atoms with van der Waals surface area (Å²) < 4.78 is 67.0.